The topological polar surface area (TPSA) is 89.3 Å². The first-order valence-corrected chi connectivity index (χ1v) is 6.14. The van der Waals surface area contributed by atoms with Gasteiger partial charge in [0.2, 0.25) is 17.6 Å². The van der Waals surface area contributed by atoms with Gasteiger partial charge in [0.15, 0.2) is 6.61 Å². The summed E-state index contributed by atoms with van der Waals surface area (Å²) in [6.45, 7) is 2.23. The number of rotatable bonds is 6. The molecule has 0 atom stereocenters. The van der Waals surface area contributed by atoms with Crippen molar-refractivity contribution in [2.45, 2.75) is 13.5 Å². The summed E-state index contributed by atoms with van der Waals surface area (Å²) in [5.74, 6) is 1.57. The smallest absolute Gasteiger partial charge is 0.238 e. The zero-order valence-corrected chi connectivity index (χ0v) is 12.6. The van der Waals surface area contributed by atoms with Crippen molar-refractivity contribution in [1.29, 1.82) is 0 Å². The summed E-state index contributed by atoms with van der Waals surface area (Å²) in [6, 6.07) is 7.07. The number of amides is 1. The van der Waals surface area contributed by atoms with Crippen LogP contribution in [0.4, 0.5) is 5.69 Å². The Bertz CT molecular complexity index is 571. The zero-order chi connectivity index (χ0) is 14.4. The highest BCUT2D eigenvalue weighted by molar-refractivity contribution is 5.92. The van der Waals surface area contributed by atoms with Gasteiger partial charge in [0.25, 0.3) is 0 Å². The highest BCUT2D eigenvalue weighted by Gasteiger charge is 2.04. The Morgan fingerprint density at radius 3 is 2.62 bits per heavy atom. The number of halogens is 1. The lowest BCUT2D eigenvalue weighted by Gasteiger charge is -2.06. The summed E-state index contributed by atoms with van der Waals surface area (Å²) in [7, 11) is 1.72. The second-order valence-corrected chi connectivity index (χ2v) is 4.12. The average Bonchev–Trinajstić information content (AvgIpc) is 2.84. The monoisotopic (exact) mass is 312 g/mol. The van der Waals surface area contributed by atoms with Crippen LogP contribution in [-0.4, -0.2) is 29.6 Å². The van der Waals surface area contributed by atoms with E-state index < -0.39 is 0 Å². The molecule has 2 rings (SSSR count). The number of carbonyl (C=O) groups excluding carboxylic acids is 1. The van der Waals surface area contributed by atoms with Gasteiger partial charge in [-0.2, -0.15) is 4.98 Å². The molecule has 0 aliphatic heterocycles. The number of ether oxygens (including phenoxy) is 1. The lowest BCUT2D eigenvalue weighted by atomic mass is 10.3. The van der Waals surface area contributed by atoms with Crippen LogP contribution >= 0.6 is 12.4 Å². The molecule has 2 aromatic rings. The number of likely N-dealkylation sites (N-methyl/N-ethyl adjacent to an activating group) is 1. The Balaban J connectivity index is 0.00000220. The predicted molar refractivity (Wildman–Crippen MR) is 79.6 cm³/mol. The Hall–Kier alpha value is -2.12. The minimum atomic E-state index is -0.0940. The molecular formula is C13H17ClN4O3. The van der Waals surface area contributed by atoms with Gasteiger partial charge < -0.3 is 19.9 Å². The van der Waals surface area contributed by atoms with Crippen LogP contribution in [0, 0.1) is 6.92 Å². The molecule has 2 N–H and O–H groups in total. The molecule has 114 valence electrons. The number of aryl methyl sites for hydroxylation is 1. The molecular weight excluding hydrogens is 296 g/mol. The third-order valence-corrected chi connectivity index (χ3v) is 2.41. The molecule has 0 unspecified atom stereocenters. The Kier molecular flexibility index (Phi) is 6.64. The highest BCUT2D eigenvalue weighted by atomic mass is 35.5. The third-order valence-electron chi connectivity index (χ3n) is 2.41. The van der Waals surface area contributed by atoms with E-state index in [1.54, 1.807) is 38.2 Å². The van der Waals surface area contributed by atoms with Crippen LogP contribution in [0.15, 0.2) is 28.8 Å². The van der Waals surface area contributed by atoms with Crippen molar-refractivity contribution in [2.75, 3.05) is 18.9 Å². The van der Waals surface area contributed by atoms with Gasteiger partial charge in [0.05, 0.1) is 6.54 Å². The van der Waals surface area contributed by atoms with Gasteiger partial charge >= 0.3 is 0 Å². The van der Waals surface area contributed by atoms with Crippen LogP contribution in [0.3, 0.4) is 0 Å². The molecule has 21 heavy (non-hydrogen) atoms. The summed E-state index contributed by atoms with van der Waals surface area (Å²) < 4.78 is 10.3. The molecule has 0 saturated carbocycles. The fourth-order valence-electron chi connectivity index (χ4n) is 1.55. The van der Waals surface area contributed by atoms with Gasteiger partial charge in [0, 0.05) is 12.6 Å². The minimum Gasteiger partial charge on any atom is -0.485 e. The van der Waals surface area contributed by atoms with Crippen molar-refractivity contribution in [2.24, 2.45) is 0 Å². The molecule has 0 aliphatic carbocycles. The molecule has 1 heterocycles. The normalized spacial score (nSPS) is 9.81. The second-order valence-electron chi connectivity index (χ2n) is 4.12. The largest absolute Gasteiger partial charge is 0.485 e. The van der Waals surface area contributed by atoms with E-state index in [0.29, 0.717) is 23.2 Å². The number of hydrogen-bond acceptors (Lipinski definition) is 6. The second kappa shape index (κ2) is 8.23. The lowest BCUT2D eigenvalue weighted by Crippen LogP contribution is -2.24. The van der Waals surface area contributed by atoms with E-state index in [9.17, 15) is 4.79 Å². The van der Waals surface area contributed by atoms with Gasteiger partial charge in [-0.05, 0) is 31.3 Å². The minimum absolute atomic E-state index is 0. The standard InChI is InChI=1S/C13H16N4O3.ClH/c1-9-15-12(17-20-9)8-19-11-5-3-10(4-6-11)16-13(18)7-14-2;/h3-6,14H,7-8H2,1-2H3,(H,16,18);1H. The number of hydrogen-bond donors (Lipinski definition) is 2. The summed E-state index contributed by atoms with van der Waals surface area (Å²) >= 11 is 0. The highest BCUT2D eigenvalue weighted by Crippen LogP contribution is 2.16. The number of nitrogens with zero attached hydrogens (tertiary/aromatic N) is 2. The maximum atomic E-state index is 11.4. The fraction of sp³-hybridized carbons (Fsp3) is 0.308. The van der Waals surface area contributed by atoms with Crippen LogP contribution < -0.4 is 15.4 Å². The van der Waals surface area contributed by atoms with E-state index in [2.05, 4.69) is 20.8 Å². The van der Waals surface area contributed by atoms with Crippen molar-refractivity contribution in [1.82, 2.24) is 15.5 Å². The van der Waals surface area contributed by atoms with E-state index >= 15 is 0 Å². The molecule has 0 bridgehead atoms. The van der Waals surface area contributed by atoms with Crippen LogP contribution in [-0.2, 0) is 11.4 Å². The first kappa shape index (κ1) is 16.9. The molecule has 0 fully saturated rings. The summed E-state index contributed by atoms with van der Waals surface area (Å²) in [5.41, 5.74) is 0.716. The van der Waals surface area contributed by atoms with Crippen molar-refractivity contribution in [3.05, 3.63) is 36.0 Å². The van der Waals surface area contributed by atoms with Gasteiger partial charge in [-0.3, -0.25) is 4.79 Å². The van der Waals surface area contributed by atoms with Crippen LogP contribution in [0.2, 0.25) is 0 Å². The van der Waals surface area contributed by atoms with E-state index in [1.165, 1.54) is 0 Å². The van der Waals surface area contributed by atoms with Crippen molar-refractivity contribution >= 4 is 24.0 Å². The van der Waals surface area contributed by atoms with Gasteiger partial charge in [0.1, 0.15) is 5.75 Å². The van der Waals surface area contributed by atoms with E-state index in [-0.39, 0.29) is 31.5 Å². The fourth-order valence-corrected chi connectivity index (χ4v) is 1.55. The lowest BCUT2D eigenvalue weighted by molar-refractivity contribution is -0.115. The number of benzene rings is 1. The molecule has 1 aromatic carbocycles. The Morgan fingerprint density at radius 2 is 2.05 bits per heavy atom. The van der Waals surface area contributed by atoms with Crippen molar-refractivity contribution < 1.29 is 14.1 Å². The number of nitrogens with one attached hydrogen (secondary N) is 2. The first-order valence-electron chi connectivity index (χ1n) is 6.14. The molecule has 0 radical (unpaired) electrons. The molecule has 0 saturated heterocycles. The van der Waals surface area contributed by atoms with Gasteiger partial charge in [-0.15, -0.1) is 12.4 Å². The molecule has 1 aromatic heterocycles. The number of anilines is 1. The van der Waals surface area contributed by atoms with Crippen LogP contribution in [0.25, 0.3) is 0 Å². The number of carbonyl (C=O) groups is 1. The van der Waals surface area contributed by atoms with E-state index in [1.807, 2.05) is 0 Å². The predicted octanol–water partition coefficient (Wildman–Crippen LogP) is 1.54. The molecule has 7 nitrogen and oxygen atoms in total. The Labute approximate surface area is 128 Å². The van der Waals surface area contributed by atoms with Gasteiger partial charge in [-0.1, -0.05) is 5.16 Å². The maximum Gasteiger partial charge on any atom is 0.238 e. The summed E-state index contributed by atoms with van der Waals surface area (Å²) in [6.07, 6.45) is 0. The molecule has 0 aliphatic rings. The molecule has 1 amide bonds. The van der Waals surface area contributed by atoms with Crippen molar-refractivity contribution in [3.63, 3.8) is 0 Å². The summed E-state index contributed by atoms with van der Waals surface area (Å²) in [4.78, 5) is 15.4. The van der Waals surface area contributed by atoms with Crippen LogP contribution in [0.1, 0.15) is 11.7 Å². The van der Waals surface area contributed by atoms with Crippen molar-refractivity contribution in [3.8, 4) is 5.75 Å². The number of aromatic nitrogens is 2. The molecule has 8 heteroatoms. The van der Waals surface area contributed by atoms with E-state index in [0.717, 1.165) is 0 Å². The zero-order valence-electron chi connectivity index (χ0n) is 11.8. The third kappa shape index (κ3) is 5.41. The maximum absolute atomic E-state index is 11.4. The first-order chi connectivity index (χ1) is 9.67. The average molecular weight is 313 g/mol. The Morgan fingerprint density at radius 1 is 1.33 bits per heavy atom. The van der Waals surface area contributed by atoms with Gasteiger partial charge in [-0.25, -0.2) is 0 Å². The summed E-state index contributed by atoms with van der Waals surface area (Å²) in [5, 5.41) is 9.26. The SMILES string of the molecule is CNCC(=O)Nc1ccc(OCc2noc(C)n2)cc1.Cl. The quantitative estimate of drug-likeness (QED) is 0.841. The molecule has 0 spiro atoms. The van der Waals surface area contributed by atoms with E-state index in [4.69, 9.17) is 9.26 Å². The van der Waals surface area contributed by atoms with Crippen LogP contribution in [0.5, 0.6) is 5.75 Å².